The summed E-state index contributed by atoms with van der Waals surface area (Å²) in [6, 6.07) is 16.7. The van der Waals surface area contributed by atoms with Crippen molar-refractivity contribution < 1.29 is 9.21 Å². The van der Waals surface area contributed by atoms with Crippen molar-refractivity contribution in [1.82, 2.24) is 4.90 Å². The number of furan rings is 1. The first-order valence-electron chi connectivity index (χ1n) is 9.36. The molecule has 0 radical (unpaired) electrons. The van der Waals surface area contributed by atoms with Crippen LogP contribution in [0, 0.1) is 6.92 Å². The molecular formula is C23H18Cl2N2O2S. The van der Waals surface area contributed by atoms with Gasteiger partial charge in [-0.2, -0.15) is 0 Å². The Morgan fingerprint density at radius 2 is 1.87 bits per heavy atom. The van der Waals surface area contributed by atoms with Gasteiger partial charge in [0.1, 0.15) is 11.5 Å². The van der Waals surface area contributed by atoms with Gasteiger partial charge >= 0.3 is 0 Å². The predicted molar refractivity (Wildman–Crippen MR) is 125 cm³/mol. The molecule has 1 aromatic heterocycles. The van der Waals surface area contributed by atoms with Crippen molar-refractivity contribution in [2.45, 2.75) is 13.8 Å². The lowest BCUT2D eigenvalue weighted by Gasteiger charge is -2.11. The number of carbonyl (C=O) groups excluding carboxylic acids is 1. The minimum atomic E-state index is -0.0906. The summed E-state index contributed by atoms with van der Waals surface area (Å²) in [5.74, 6) is 1.06. The first-order valence-corrected chi connectivity index (χ1v) is 10.9. The number of aryl methyl sites for hydroxylation is 1. The van der Waals surface area contributed by atoms with Crippen LogP contribution in [0.4, 0.5) is 5.69 Å². The normalized spacial score (nSPS) is 16.8. The van der Waals surface area contributed by atoms with E-state index in [1.807, 2.05) is 44.2 Å². The van der Waals surface area contributed by atoms with Gasteiger partial charge in [-0.25, -0.2) is 4.99 Å². The van der Waals surface area contributed by atoms with Crippen molar-refractivity contribution in [3.8, 4) is 11.3 Å². The zero-order valence-electron chi connectivity index (χ0n) is 16.4. The van der Waals surface area contributed by atoms with Gasteiger partial charge in [0.25, 0.3) is 5.91 Å². The minimum Gasteiger partial charge on any atom is -0.457 e. The lowest BCUT2D eigenvalue weighted by Crippen LogP contribution is -2.28. The Morgan fingerprint density at radius 1 is 1.10 bits per heavy atom. The van der Waals surface area contributed by atoms with Crippen LogP contribution in [-0.2, 0) is 4.79 Å². The van der Waals surface area contributed by atoms with Crippen LogP contribution < -0.4 is 0 Å². The van der Waals surface area contributed by atoms with Crippen LogP contribution in [0.1, 0.15) is 18.2 Å². The summed E-state index contributed by atoms with van der Waals surface area (Å²) >= 11 is 13.7. The molecule has 0 bridgehead atoms. The van der Waals surface area contributed by atoms with E-state index in [0.717, 1.165) is 11.3 Å². The molecule has 0 aliphatic carbocycles. The van der Waals surface area contributed by atoms with E-state index in [2.05, 4.69) is 4.99 Å². The molecule has 1 aliphatic rings. The van der Waals surface area contributed by atoms with E-state index in [1.54, 1.807) is 35.2 Å². The summed E-state index contributed by atoms with van der Waals surface area (Å²) in [7, 11) is 0. The van der Waals surface area contributed by atoms with Gasteiger partial charge in [-0.1, -0.05) is 40.9 Å². The predicted octanol–water partition coefficient (Wildman–Crippen LogP) is 7.19. The number of benzene rings is 2. The maximum Gasteiger partial charge on any atom is 0.266 e. The number of aliphatic imine (C=N–C) groups is 1. The Hall–Kier alpha value is -2.47. The SMILES string of the molecule is CCN1C(=O)/C(=C\c2ccc(-c3cc(Cl)ccc3Cl)o2)SC1=Nc1ccc(C)cc1. The van der Waals surface area contributed by atoms with Crippen molar-refractivity contribution in [3.63, 3.8) is 0 Å². The number of likely N-dealkylation sites (N-methyl/N-ethyl adjacent to an activating group) is 1. The zero-order valence-corrected chi connectivity index (χ0v) is 18.7. The largest absolute Gasteiger partial charge is 0.457 e. The highest BCUT2D eigenvalue weighted by molar-refractivity contribution is 8.18. The third-order valence-electron chi connectivity index (χ3n) is 4.56. The summed E-state index contributed by atoms with van der Waals surface area (Å²) in [4.78, 5) is 19.7. The van der Waals surface area contributed by atoms with Gasteiger partial charge < -0.3 is 4.42 Å². The molecular weight excluding hydrogens is 439 g/mol. The average molecular weight is 457 g/mol. The first-order chi connectivity index (χ1) is 14.4. The number of halogens is 2. The molecule has 3 aromatic rings. The zero-order chi connectivity index (χ0) is 21.3. The molecule has 4 rings (SSSR count). The number of nitrogens with zero attached hydrogens (tertiary/aromatic N) is 2. The Morgan fingerprint density at radius 3 is 2.60 bits per heavy atom. The average Bonchev–Trinajstić information content (AvgIpc) is 3.30. The van der Waals surface area contributed by atoms with Crippen molar-refractivity contribution in [2.24, 2.45) is 4.99 Å². The molecule has 0 atom stereocenters. The summed E-state index contributed by atoms with van der Waals surface area (Å²) in [5.41, 5.74) is 2.68. The van der Waals surface area contributed by atoms with E-state index in [-0.39, 0.29) is 5.91 Å². The number of carbonyl (C=O) groups is 1. The minimum absolute atomic E-state index is 0.0906. The highest BCUT2D eigenvalue weighted by Gasteiger charge is 2.32. The molecule has 1 amide bonds. The van der Waals surface area contributed by atoms with Crippen LogP contribution in [0.3, 0.4) is 0 Å². The number of amides is 1. The molecule has 2 aromatic carbocycles. The van der Waals surface area contributed by atoms with Gasteiger partial charge in [-0.15, -0.1) is 0 Å². The standard InChI is InChI=1S/C23H18Cl2N2O2S/c1-3-27-22(28)21(30-23(27)26-16-7-4-14(2)5-8-16)13-17-9-11-20(29-17)18-12-15(24)6-10-19(18)25/h4-13H,3H2,1-2H3/b21-13+,26-23?. The molecule has 1 fully saturated rings. The molecule has 30 heavy (non-hydrogen) atoms. The van der Waals surface area contributed by atoms with Crippen molar-refractivity contribution >= 4 is 57.8 Å². The van der Waals surface area contributed by atoms with Crippen molar-refractivity contribution in [1.29, 1.82) is 0 Å². The third-order valence-corrected chi connectivity index (χ3v) is 6.13. The Balaban J connectivity index is 1.63. The molecule has 7 heteroatoms. The van der Waals surface area contributed by atoms with E-state index >= 15 is 0 Å². The molecule has 0 spiro atoms. The lowest BCUT2D eigenvalue weighted by molar-refractivity contribution is -0.122. The van der Waals surface area contributed by atoms with Gasteiger partial charge in [0.2, 0.25) is 0 Å². The monoisotopic (exact) mass is 456 g/mol. The molecule has 0 N–H and O–H groups in total. The quantitative estimate of drug-likeness (QED) is 0.390. The highest BCUT2D eigenvalue weighted by Crippen LogP contribution is 2.36. The van der Waals surface area contributed by atoms with Gasteiger partial charge in [-0.05, 0) is 68.1 Å². The molecule has 0 unspecified atom stereocenters. The summed E-state index contributed by atoms with van der Waals surface area (Å²) in [5, 5.41) is 1.77. The summed E-state index contributed by atoms with van der Waals surface area (Å²) in [6.45, 7) is 4.49. The second-order valence-electron chi connectivity index (χ2n) is 6.72. The molecule has 4 nitrogen and oxygen atoms in total. The number of amidine groups is 1. The van der Waals surface area contributed by atoms with Crippen LogP contribution >= 0.6 is 35.0 Å². The van der Waals surface area contributed by atoms with Crippen LogP contribution in [0.25, 0.3) is 17.4 Å². The third kappa shape index (κ3) is 4.33. The fourth-order valence-electron chi connectivity index (χ4n) is 2.99. The van der Waals surface area contributed by atoms with E-state index in [1.165, 1.54) is 11.8 Å². The van der Waals surface area contributed by atoms with E-state index < -0.39 is 0 Å². The number of rotatable bonds is 4. The lowest BCUT2D eigenvalue weighted by atomic mass is 10.2. The summed E-state index contributed by atoms with van der Waals surface area (Å²) in [6.07, 6.45) is 1.73. The second-order valence-corrected chi connectivity index (χ2v) is 8.57. The van der Waals surface area contributed by atoms with Crippen LogP contribution in [0.2, 0.25) is 10.0 Å². The Labute approximate surface area is 189 Å². The van der Waals surface area contributed by atoms with Crippen LogP contribution in [-0.4, -0.2) is 22.5 Å². The molecule has 2 heterocycles. The number of hydrogen-bond acceptors (Lipinski definition) is 4. The first kappa shape index (κ1) is 20.8. The van der Waals surface area contributed by atoms with Crippen molar-refractivity contribution in [2.75, 3.05) is 6.54 Å². The molecule has 1 saturated heterocycles. The van der Waals surface area contributed by atoms with Gasteiger partial charge in [0.15, 0.2) is 5.17 Å². The topological polar surface area (TPSA) is 45.8 Å². The fraction of sp³-hybridized carbons (Fsp3) is 0.130. The second kappa shape index (κ2) is 8.72. The Kier molecular flexibility index (Phi) is 6.04. The molecule has 0 saturated carbocycles. The number of thioether (sulfide) groups is 1. The van der Waals surface area contributed by atoms with Gasteiger partial charge in [-0.3, -0.25) is 9.69 Å². The fourth-order valence-corrected chi connectivity index (χ4v) is 4.42. The van der Waals surface area contributed by atoms with Crippen molar-refractivity contribution in [3.05, 3.63) is 80.9 Å². The van der Waals surface area contributed by atoms with Gasteiger partial charge in [0.05, 0.1) is 15.6 Å². The molecule has 1 aliphatic heterocycles. The maximum absolute atomic E-state index is 12.8. The highest BCUT2D eigenvalue weighted by atomic mass is 35.5. The van der Waals surface area contributed by atoms with E-state index in [0.29, 0.717) is 43.7 Å². The van der Waals surface area contributed by atoms with E-state index in [4.69, 9.17) is 27.6 Å². The molecule has 152 valence electrons. The van der Waals surface area contributed by atoms with Gasteiger partial charge in [0, 0.05) is 23.2 Å². The maximum atomic E-state index is 12.8. The van der Waals surface area contributed by atoms with E-state index in [9.17, 15) is 4.79 Å². The smallest absolute Gasteiger partial charge is 0.266 e. The Bertz CT molecular complexity index is 1170. The number of hydrogen-bond donors (Lipinski definition) is 0. The van der Waals surface area contributed by atoms with Crippen LogP contribution in [0.15, 0.2) is 68.9 Å². The van der Waals surface area contributed by atoms with Crippen LogP contribution in [0.5, 0.6) is 0 Å². The summed E-state index contributed by atoms with van der Waals surface area (Å²) < 4.78 is 5.91.